The van der Waals surface area contributed by atoms with Gasteiger partial charge in [0.05, 0.1) is 6.54 Å². The molecule has 128 valence electrons. The van der Waals surface area contributed by atoms with E-state index in [1.165, 1.54) is 24.8 Å². The standard InChI is InChI=1S/C18H29N3OS/c1-3-20(4-2)13-17(22)21(12-15-5-10-23-14-15)16-11-18(16)6-8-19-9-7-18/h5,10,14,16,19H,3-4,6-9,11-13H2,1-2H3. The van der Waals surface area contributed by atoms with Crippen molar-refractivity contribution in [1.29, 1.82) is 0 Å². The van der Waals surface area contributed by atoms with Crippen molar-refractivity contribution in [3.8, 4) is 0 Å². The van der Waals surface area contributed by atoms with E-state index >= 15 is 0 Å². The quantitative estimate of drug-likeness (QED) is 0.832. The predicted molar refractivity (Wildman–Crippen MR) is 95.6 cm³/mol. The monoisotopic (exact) mass is 335 g/mol. The molecule has 5 heteroatoms. The first-order valence-electron chi connectivity index (χ1n) is 8.92. The molecule has 1 aliphatic heterocycles. The van der Waals surface area contributed by atoms with E-state index < -0.39 is 0 Å². The molecule has 1 aromatic heterocycles. The van der Waals surface area contributed by atoms with Crippen molar-refractivity contribution >= 4 is 17.2 Å². The van der Waals surface area contributed by atoms with Gasteiger partial charge in [-0.25, -0.2) is 0 Å². The summed E-state index contributed by atoms with van der Waals surface area (Å²) in [6, 6.07) is 2.60. The van der Waals surface area contributed by atoms with Gasteiger partial charge < -0.3 is 10.2 Å². The molecule has 2 heterocycles. The minimum absolute atomic E-state index is 0.306. The molecule has 0 aromatic carbocycles. The topological polar surface area (TPSA) is 35.6 Å². The summed E-state index contributed by atoms with van der Waals surface area (Å²) in [6.07, 6.45) is 3.63. The van der Waals surface area contributed by atoms with Crippen molar-refractivity contribution < 1.29 is 4.79 Å². The van der Waals surface area contributed by atoms with Crippen molar-refractivity contribution in [3.05, 3.63) is 22.4 Å². The van der Waals surface area contributed by atoms with E-state index in [0.717, 1.165) is 32.7 Å². The van der Waals surface area contributed by atoms with Gasteiger partial charge in [0.1, 0.15) is 0 Å². The molecule has 1 spiro atoms. The molecular weight excluding hydrogens is 306 g/mol. The van der Waals surface area contributed by atoms with Crippen LogP contribution in [0.3, 0.4) is 0 Å². The van der Waals surface area contributed by atoms with Gasteiger partial charge in [-0.3, -0.25) is 9.69 Å². The Balaban J connectivity index is 1.70. The summed E-state index contributed by atoms with van der Waals surface area (Å²) in [4.78, 5) is 17.4. The van der Waals surface area contributed by atoms with Crippen LogP contribution in [0.4, 0.5) is 0 Å². The van der Waals surface area contributed by atoms with Gasteiger partial charge in [-0.2, -0.15) is 11.3 Å². The zero-order valence-electron chi connectivity index (χ0n) is 14.4. The van der Waals surface area contributed by atoms with Gasteiger partial charge in [0.2, 0.25) is 5.91 Å². The van der Waals surface area contributed by atoms with Crippen LogP contribution in [-0.4, -0.2) is 54.5 Å². The molecule has 1 unspecified atom stereocenters. The second kappa shape index (κ2) is 7.32. The first-order valence-corrected chi connectivity index (χ1v) is 9.86. The molecule has 23 heavy (non-hydrogen) atoms. The predicted octanol–water partition coefficient (Wildman–Crippen LogP) is 2.56. The lowest BCUT2D eigenvalue weighted by Crippen LogP contribution is -2.43. The Hall–Kier alpha value is -0.910. The number of rotatable bonds is 7. The number of likely N-dealkylation sites (N-methyl/N-ethyl adjacent to an activating group) is 1. The fourth-order valence-corrected chi connectivity index (χ4v) is 4.57. The zero-order chi connectivity index (χ0) is 16.3. The third-order valence-electron chi connectivity index (χ3n) is 5.63. The van der Waals surface area contributed by atoms with E-state index in [1.54, 1.807) is 11.3 Å². The number of piperidine rings is 1. The number of nitrogens with one attached hydrogen (secondary N) is 1. The van der Waals surface area contributed by atoms with Crippen molar-refractivity contribution in [2.24, 2.45) is 5.41 Å². The van der Waals surface area contributed by atoms with Crippen molar-refractivity contribution in [3.63, 3.8) is 0 Å². The molecule has 0 radical (unpaired) electrons. The number of hydrogen-bond donors (Lipinski definition) is 1. The Kier molecular flexibility index (Phi) is 5.39. The lowest BCUT2D eigenvalue weighted by atomic mass is 9.93. The number of carbonyl (C=O) groups excluding carboxylic acids is 1. The largest absolute Gasteiger partial charge is 0.334 e. The molecule has 1 saturated heterocycles. The van der Waals surface area contributed by atoms with Crippen LogP contribution in [0.2, 0.25) is 0 Å². The minimum Gasteiger partial charge on any atom is -0.334 e. The fraction of sp³-hybridized carbons (Fsp3) is 0.722. The number of nitrogens with zero attached hydrogens (tertiary/aromatic N) is 2. The number of thiophene rings is 1. The van der Waals surface area contributed by atoms with E-state index in [-0.39, 0.29) is 0 Å². The summed E-state index contributed by atoms with van der Waals surface area (Å²) in [6.45, 7) is 9.69. The minimum atomic E-state index is 0.306. The van der Waals surface area contributed by atoms with Crippen LogP contribution in [0.25, 0.3) is 0 Å². The van der Waals surface area contributed by atoms with Crippen molar-refractivity contribution in [2.45, 2.75) is 45.7 Å². The average molecular weight is 336 g/mol. The van der Waals surface area contributed by atoms with Crippen LogP contribution in [0.5, 0.6) is 0 Å². The maximum absolute atomic E-state index is 13.0. The summed E-state index contributed by atoms with van der Waals surface area (Å²) in [5.41, 5.74) is 1.68. The maximum Gasteiger partial charge on any atom is 0.237 e. The molecule has 1 saturated carbocycles. The van der Waals surface area contributed by atoms with Crippen LogP contribution in [0, 0.1) is 5.41 Å². The van der Waals surface area contributed by atoms with Gasteiger partial charge in [-0.15, -0.1) is 0 Å². The molecule has 4 nitrogen and oxygen atoms in total. The van der Waals surface area contributed by atoms with E-state index in [4.69, 9.17) is 0 Å². The van der Waals surface area contributed by atoms with E-state index in [2.05, 4.69) is 45.8 Å². The molecule has 1 atom stereocenters. The zero-order valence-corrected chi connectivity index (χ0v) is 15.2. The normalized spacial score (nSPS) is 22.5. The highest BCUT2D eigenvalue weighted by atomic mass is 32.1. The molecule has 1 aromatic rings. The van der Waals surface area contributed by atoms with Gasteiger partial charge in [-0.05, 0) is 73.2 Å². The fourth-order valence-electron chi connectivity index (χ4n) is 3.91. The van der Waals surface area contributed by atoms with Gasteiger partial charge in [0.25, 0.3) is 0 Å². The molecule has 2 fully saturated rings. The highest BCUT2D eigenvalue weighted by Crippen LogP contribution is 2.56. The summed E-state index contributed by atoms with van der Waals surface area (Å²) in [5, 5.41) is 7.74. The molecular formula is C18H29N3OS. The molecule has 0 bridgehead atoms. The van der Waals surface area contributed by atoms with E-state index in [9.17, 15) is 4.79 Å². The molecule has 2 aliphatic rings. The summed E-state index contributed by atoms with van der Waals surface area (Å²) in [7, 11) is 0. The lowest BCUT2D eigenvalue weighted by molar-refractivity contribution is -0.134. The van der Waals surface area contributed by atoms with Crippen LogP contribution >= 0.6 is 11.3 Å². The maximum atomic E-state index is 13.0. The van der Waals surface area contributed by atoms with Gasteiger partial charge in [-0.1, -0.05) is 13.8 Å². The van der Waals surface area contributed by atoms with Crippen LogP contribution in [0.15, 0.2) is 16.8 Å². The first kappa shape index (κ1) is 16.9. The van der Waals surface area contributed by atoms with Crippen molar-refractivity contribution in [2.75, 3.05) is 32.7 Å². The number of amides is 1. The third kappa shape index (κ3) is 3.78. The summed E-state index contributed by atoms with van der Waals surface area (Å²) in [5.74, 6) is 0.306. The molecule has 1 N–H and O–H groups in total. The van der Waals surface area contributed by atoms with E-state index in [0.29, 0.717) is 23.9 Å². The highest BCUT2D eigenvalue weighted by Gasteiger charge is 2.57. The second-order valence-corrected chi connectivity index (χ2v) is 7.73. The Morgan fingerprint density at radius 1 is 1.35 bits per heavy atom. The first-order chi connectivity index (χ1) is 11.2. The van der Waals surface area contributed by atoms with Crippen LogP contribution in [0.1, 0.15) is 38.7 Å². The molecule has 1 aliphatic carbocycles. The van der Waals surface area contributed by atoms with E-state index in [1.807, 2.05) is 0 Å². The smallest absolute Gasteiger partial charge is 0.237 e. The third-order valence-corrected chi connectivity index (χ3v) is 6.36. The second-order valence-electron chi connectivity index (χ2n) is 6.95. The average Bonchev–Trinajstić information content (AvgIpc) is 3.00. The van der Waals surface area contributed by atoms with Gasteiger partial charge in [0.15, 0.2) is 0 Å². The Morgan fingerprint density at radius 3 is 2.70 bits per heavy atom. The van der Waals surface area contributed by atoms with Crippen LogP contribution < -0.4 is 5.32 Å². The number of hydrogen-bond acceptors (Lipinski definition) is 4. The van der Waals surface area contributed by atoms with Gasteiger partial charge in [0, 0.05) is 12.6 Å². The molecule has 3 rings (SSSR count). The van der Waals surface area contributed by atoms with Gasteiger partial charge >= 0.3 is 0 Å². The Bertz CT molecular complexity index is 506. The lowest BCUT2D eigenvalue weighted by Gasteiger charge is -2.31. The number of carbonyl (C=O) groups is 1. The Morgan fingerprint density at radius 2 is 2.09 bits per heavy atom. The Labute approximate surface area is 143 Å². The summed E-state index contributed by atoms with van der Waals surface area (Å²) >= 11 is 1.72. The molecule has 1 amide bonds. The van der Waals surface area contributed by atoms with Crippen molar-refractivity contribution in [1.82, 2.24) is 15.1 Å². The van der Waals surface area contributed by atoms with Crippen LogP contribution in [-0.2, 0) is 11.3 Å². The SMILES string of the molecule is CCN(CC)CC(=O)N(Cc1ccsc1)C1CC12CCNCC2. The highest BCUT2D eigenvalue weighted by molar-refractivity contribution is 7.07. The summed E-state index contributed by atoms with van der Waals surface area (Å²) < 4.78 is 0.